The average Bonchev–Trinajstić information content (AvgIpc) is 2.53. The largest absolute Gasteiger partial charge is 0.481 e. The third-order valence-electron chi connectivity index (χ3n) is 3.77. The first-order chi connectivity index (χ1) is 12.2. The molecule has 1 fully saturated rings. The third kappa shape index (κ3) is 5.56. The number of hydrogen-bond donors (Lipinski definition) is 1. The fourth-order valence-electron chi connectivity index (χ4n) is 2.70. The minimum atomic E-state index is -0.955. The van der Waals surface area contributed by atoms with E-state index in [0.717, 1.165) is 5.69 Å². The van der Waals surface area contributed by atoms with Gasteiger partial charge in [-0.15, -0.1) is 0 Å². The maximum Gasteiger partial charge on any atom is 0.410 e. The Kier molecular flexibility index (Phi) is 5.94. The normalized spacial score (nSPS) is 14.6. The van der Waals surface area contributed by atoms with Crippen LogP contribution in [0.3, 0.4) is 0 Å². The molecular weight excluding hydrogens is 338 g/mol. The van der Waals surface area contributed by atoms with Crippen LogP contribution >= 0.6 is 0 Å². The smallest absolute Gasteiger partial charge is 0.410 e. The molecule has 1 amide bonds. The van der Waals surface area contributed by atoms with E-state index in [1.54, 1.807) is 23.1 Å². The Morgan fingerprint density at radius 3 is 2.42 bits per heavy atom. The summed E-state index contributed by atoms with van der Waals surface area (Å²) in [6, 6.07) is 5.05. The van der Waals surface area contributed by atoms with E-state index >= 15 is 0 Å². The minimum Gasteiger partial charge on any atom is -0.481 e. The zero-order valence-electron chi connectivity index (χ0n) is 15.2. The maximum absolute atomic E-state index is 12.1. The van der Waals surface area contributed by atoms with Crippen molar-refractivity contribution in [1.29, 1.82) is 0 Å². The molecule has 0 radical (unpaired) electrons. The molecule has 140 valence electrons. The quantitative estimate of drug-likeness (QED) is 0.501. The van der Waals surface area contributed by atoms with Gasteiger partial charge in [-0.2, -0.15) is 0 Å². The van der Waals surface area contributed by atoms with Gasteiger partial charge in [0.2, 0.25) is 0 Å². The van der Waals surface area contributed by atoms with Crippen LogP contribution in [0.1, 0.15) is 26.3 Å². The molecule has 1 aromatic carbocycles. The van der Waals surface area contributed by atoms with Gasteiger partial charge < -0.3 is 19.6 Å². The van der Waals surface area contributed by atoms with Gasteiger partial charge in [0.15, 0.2) is 0 Å². The lowest BCUT2D eigenvalue weighted by Crippen LogP contribution is -2.50. The first kappa shape index (κ1) is 19.4. The molecule has 0 unspecified atom stereocenters. The zero-order valence-corrected chi connectivity index (χ0v) is 15.2. The number of hydrogen-bond acceptors (Lipinski definition) is 5. The van der Waals surface area contributed by atoms with Crippen LogP contribution in [0.5, 0.6) is 0 Å². The van der Waals surface area contributed by atoms with Crippen molar-refractivity contribution in [2.45, 2.75) is 32.8 Å². The molecule has 0 saturated carbocycles. The first-order valence-electron chi connectivity index (χ1n) is 8.31. The van der Waals surface area contributed by atoms with Crippen LogP contribution in [0, 0.1) is 0 Å². The Morgan fingerprint density at radius 2 is 1.88 bits per heavy atom. The van der Waals surface area contributed by atoms with Crippen LogP contribution in [0.4, 0.5) is 16.2 Å². The highest BCUT2D eigenvalue weighted by Gasteiger charge is 2.26. The van der Waals surface area contributed by atoms with Gasteiger partial charge in [0.25, 0.3) is 0 Å². The number of nitrogens with zero attached hydrogens (tertiary/aromatic N) is 5. The van der Waals surface area contributed by atoms with Gasteiger partial charge in [0.05, 0.1) is 6.42 Å². The Balaban J connectivity index is 2.10. The van der Waals surface area contributed by atoms with Gasteiger partial charge in [0.1, 0.15) is 5.60 Å². The van der Waals surface area contributed by atoms with E-state index in [1.807, 2.05) is 25.7 Å². The van der Waals surface area contributed by atoms with Crippen molar-refractivity contribution in [1.82, 2.24) is 4.90 Å². The molecule has 0 aromatic heterocycles. The molecule has 0 bridgehead atoms. The summed E-state index contributed by atoms with van der Waals surface area (Å²) < 4.78 is 5.38. The summed E-state index contributed by atoms with van der Waals surface area (Å²) in [6.07, 6.45) is -0.494. The monoisotopic (exact) mass is 361 g/mol. The molecule has 1 aliphatic rings. The van der Waals surface area contributed by atoms with E-state index in [4.69, 9.17) is 15.4 Å². The van der Waals surface area contributed by atoms with E-state index < -0.39 is 11.6 Å². The molecule has 1 N–H and O–H groups in total. The number of azide groups is 1. The van der Waals surface area contributed by atoms with Crippen molar-refractivity contribution in [3.8, 4) is 0 Å². The van der Waals surface area contributed by atoms with Gasteiger partial charge in [-0.1, -0.05) is 5.11 Å². The summed E-state index contributed by atoms with van der Waals surface area (Å²) in [5.41, 5.74) is 9.82. The van der Waals surface area contributed by atoms with E-state index in [1.165, 1.54) is 0 Å². The predicted octanol–water partition coefficient (Wildman–Crippen LogP) is 3.31. The molecule has 0 atom stereocenters. The SMILES string of the molecule is CC(C)(C)OC(=O)N1CCN(c2cc(CC(=O)O)cc(N=[N+]=[N-])c2)CC1. The average molecular weight is 361 g/mol. The van der Waals surface area contributed by atoms with Gasteiger partial charge in [0, 0.05) is 42.5 Å². The van der Waals surface area contributed by atoms with Crippen LogP contribution in [0.15, 0.2) is 23.3 Å². The summed E-state index contributed by atoms with van der Waals surface area (Å²) in [6.45, 7) is 7.62. The van der Waals surface area contributed by atoms with Gasteiger partial charge in [-0.05, 0) is 50.1 Å². The number of rotatable bonds is 4. The lowest BCUT2D eigenvalue weighted by Gasteiger charge is -2.37. The highest BCUT2D eigenvalue weighted by molar-refractivity contribution is 5.72. The number of benzene rings is 1. The van der Waals surface area contributed by atoms with Crippen LogP contribution in [0.2, 0.25) is 0 Å². The fourth-order valence-corrected chi connectivity index (χ4v) is 2.70. The molecular formula is C17H23N5O4. The molecule has 0 aliphatic carbocycles. The second kappa shape index (κ2) is 7.97. The number of carbonyl (C=O) groups is 2. The lowest BCUT2D eigenvalue weighted by atomic mass is 10.1. The number of anilines is 1. The Morgan fingerprint density at radius 1 is 1.23 bits per heavy atom. The van der Waals surface area contributed by atoms with Gasteiger partial charge >= 0.3 is 12.1 Å². The molecule has 1 aromatic rings. The van der Waals surface area contributed by atoms with Crippen molar-refractivity contribution in [3.63, 3.8) is 0 Å². The van der Waals surface area contributed by atoms with Crippen LogP contribution < -0.4 is 4.90 Å². The standard InChI is InChI=1S/C17H23N5O4/c1-17(2,3)26-16(25)22-6-4-21(5-7-22)14-9-12(10-15(23)24)8-13(11-14)19-20-18/h8-9,11H,4-7,10H2,1-3H3,(H,23,24). The number of piperazine rings is 1. The van der Waals surface area contributed by atoms with Crippen LogP contribution in [-0.2, 0) is 16.0 Å². The molecule has 9 heteroatoms. The van der Waals surface area contributed by atoms with E-state index in [-0.39, 0.29) is 12.5 Å². The second-order valence-corrected chi connectivity index (χ2v) is 7.07. The summed E-state index contributed by atoms with van der Waals surface area (Å²) in [5.74, 6) is -0.955. The molecule has 1 heterocycles. The summed E-state index contributed by atoms with van der Waals surface area (Å²) >= 11 is 0. The predicted molar refractivity (Wildman–Crippen MR) is 96.6 cm³/mol. The Labute approximate surface area is 151 Å². The fraction of sp³-hybridized carbons (Fsp3) is 0.529. The van der Waals surface area contributed by atoms with Crippen molar-refractivity contribution in [2.75, 3.05) is 31.1 Å². The summed E-state index contributed by atoms with van der Waals surface area (Å²) in [5, 5.41) is 12.6. The number of aliphatic carboxylic acids is 1. The molecule has 0 spiro atoms. The molecule has 26 heavy (non-hydrogen) atoms. The lowest BCUT2D eigenvalue weighted by molar-refractivity contribution is -0.136. The molecule has 9 nitrogen and oxygen atoms in total. The van der Waals surface area contributed by atoms with Crippen molar-refractivity contribution in [2.24, 2.45) is 5.11 Å². The van der Waals surface area contributed by atoms with E-state index in [9.17, 15) is 9.59 Å². The van der Waals surface area contributed by atoms with E-state index in [0.29, 0.717) is 37.4 Å². The number of amides is 1. The van der Waals surface area contributed by atoms with Gasteiger partial charge in [-0.25, -0.2) is 4.79 Å². The second-order valence-electron chi connectivity index (χ2n) is 7.07. The van der Waals surface area contributed by atoms with Crippen LogP contribution in [0.25, 0.3) is 10.4 Å². The number of carboxylic acids is 1. The Bertz CT molecular complexity index is 729. The third-order valence-corrected chi connectivity index (χ3v) is 3.77. The van der Waals surface area contributed by atoms with E-state index in [2.05, 4.69) is 10.0 Å². The zero-order chi connectivity index (χ0) is 19.3. The topological polar surface area (TPSA) is 119 Å². The van der Waals surface area contributed by atoms with Crippen molar-refractivity contribution < 1.29 is 19.4 Å². The Hall–Kier alpha value is -2.93. The minimum absolute atomic E-state index is 0.153. The summed E-state index contributed by atoms with van der Waals surface area (Å²) in [7, 11) is 0. The maximum atomic E-state index is 12.1. The number of carboxylic acid groups (broad SMARTS) is 1. The van der Waals surface area contributed by atoms with Crippen molar-refractivity contribution in [3.05, 3.63) is 34.2 Å². The van der Waals surface area contributed by atoms with Gasteiger partial charge in [-0.3, -0.25) is 4.79 Å². The highest BCUT2D eigenvalue weighted by Crippen LogP contribution is 2.26. The molecule has 2 rings (SSSR count). The molecule has 1 aliphatic heterocycles. The molecule has 1 saturated heterocycles. The summed E-state index contributed by atoms with van der Waals surface area (Å²) in [4.78, 5) is 29.6. The highest BCUT2D eigenvalue weighted by atomic mass is 16.6. The number of ether oxygens (including phenoxy) is 1. The number of carbonyl (C=O) groups excluding carboxylic acids is 1. The van der Waals surface area contributed by atoms with Crippen molar-refractivity contribution >= 4 is 23.4 Å². The van der Waals surface area contributed by atoms with Crippen LogP contribution in [-0.4, -0.2) is 53.8 Å². The first-order valence-corrected chi connectivity index (χ1v) is 8.31.